The number of rotatable bonds is 5. The third kappa shape index (κ3) is 4.03. The van der Waals surface area contributed by atoms with Crippen molar-refractivity contribution in [2.75, 3.05) is 12.0 Å². The molecule has 1 saturated heterocycles. The Morgan fingerprint density at radius 2 is 1.90 bits per heavy atom. The third-order valence-corrected chi connectivity index (χ3v) is 7.65. The predicted molar refractivity (Wildman–Crippen MR) is 141 cm³/mol. The van der Waals surface area contributed by atoms with E-state index < -0.39 is 34.4 Å². The number of pyridine rings is 1. The first-order valence-electron chi connectivity index (χ1n) is 11.6. The zero-order valence-electron chi connectivity index (χ0n) is 21.2. The standard InChI is InChI=1S/C26H21N5O7S/c1-12-7-6-10-29-14(3)18(28-23(12)29)20(32)17-19(15-8-5-9-16(11-15)31(36)37)30(24(34)21(17)33)26-27-13(2)22(39-26)25(35)38-4/h5-11,19,32H,1-4H3. The summed E-state index contributed by atoms with van der Waals surface area (Å²) in [7, 11) is 1.20. The van der Waals surface area contributed by atoms with Gasteiger partial charge in [-0.15, -0.1) is 0 Å². The Kier molecular flexibility index (Phi) is 6.23. The van der Waals surface area contributed by atoms with Crippen LogP contribution in [0.25, 0.3) is 11.4 Å². The number of non-ortho nitro benzene ring substituents is 1. The van der Waals surface area contributed by atoms with Crippen molar-refractivity contribution in [3.05, 3.63) is 91.4 Å². The third-order valence-electron chi connectivity index (χ3n) is 6.51. The lowest BCUT2D eigenvalue weighted by atomic mass is 9.96. The average molecular weight is 548 g/mol. The van der Waals surface area contributed by atoms with Crippen molar-refractivity contribution in [2.45, 2.75) is 26.8 Å². The Balaban J connectivity index is 1.78. The molecule has 1 unspecified atom stereocenters. The molecular weight excluding hydrogens is 526 g/mol. The molecule has 1 aliphatic heterocycles. The van der Waals surface area contributed by atoms with Crippen LogP contribution in [0.2, 0.25) is 0 Å². The van der Waals surface area contributed by atoms with Gasteiger partial charge in [-0.1, -0.05) is 29.5 Å². The summed E-state index contributed by atoms with van der Waals surface area (Å²) in [5.74, 6) is -3.25. The molecule has 1 aromatic carbocycles. The first kappa shape index (κ1) is 25.7. The van der Waals surface area contributed by atoms with E-state index in [1.807, 2.05) is 19.1 Å². The molecule has 1 N–H and O–H groups in total. The maximum Gasteiger partial charge on any atom is 0.350 e. The van der Waals surface area contributed by atoms with E-state index in [0.717, 1.165) is 21.8 Å². The van der Waals surface area contributed by atoms with E-state index >= 15 is 0 Å². The fraction of sp³-hybridized carbons (Fsp3) is 0.192. The largest absolute Gasteiger partial charge is 0.505 e. The zero-order valence-corrected chi connectivity index (χ0v) is 22.0. The molecule has 0 saturated carbocycles. The topological polar surface area (TPSA) is 157 Å². The Labute approximate surface area is 225 Å². The van der Waals surface area contributed by atoms with Crippen LogP contribution in [0, 0.1) is 30.9 Å². The van der Waals surface area contributed by atoms with Crippen molar-refractivity contribution >= 4 is 51.2 Å². The molecule has 3 aromatic heterocycles. The first-order chi connectivity index (χ1) is 18.5. The van der Waals surface area contributed by atoms with Gasteiger partial charge >= 0.3 is 11.9 Å². The van der Waals surface area contributed by atoms with Crippen LogP contribution in [-0.2, 0) is 14.3 Å². The van der Waals surface area contributed by atoms with Gasteiger partial charge in [0.1, 0.15) is 16.2 Å². The number of aliphatic hydroxyl groups excluding tert-OH is 1. The molecule has 5 rings (SSSR count). The normalized spacial score (nSPS) is 16.7. The molecule has 198 valence electrons. The number of methoxy groups -OCH3 is 1. The number of benzene rings is 1. The van der Waals surface area contributed by atoms with Crippen LogP contribution in [-0.4, -0.2) is 49.2 Å². The van der Waals surface area contributed by atoms with Crippen LogP contribution in [0.5, 0.6) is 0 Å². The van der Waals surface area contributed by atoms with E-state index in [2.05, 4.69) is 9.97 Å². The SMILES string of the molecule is COC(=O)c1sc(N2C(=O)C(=O)C(=C(O)c3nc4c(C)cccn4c3C)C2c2cccc([N+](=O)[O-])c2)nc1C. The van der Waals surface area contributed by atoms with Gasteiger partial charge in [0.05, 0.1) is 35.0 Å². The number of aliphatic hydroxyl groups is 1. The number of hydrogen-bond donors (Lipinski definition) is 1. The summed E-state index contributed by atoms with van der Waals surface area (Å²) < 4.78 is 6.54. The van der Waals surface area contributed by atoms with Crippen molar-refractivity contribution in [1.29, 1.82) is 0 Å². The Hall–Kier alpha value is -4.91. The van der Waals surface area contributed by atoms with Gasteiger partial charge in [0.15, 0.2) is 10.9 Å². The fourth-order valence-corrected chi connectivity index (χ4v) is 5.61. The predicted octanol–water partition coefficient (Wildman–Crippen LogP) is 4.04. The summed E-state index contributed by atoms with van der Waals surface area (Å²) in [6.45, 7) is 5.10. The number of nitrogens with zero attached hydrogens (tertiary/aromatic N) is 5. The van der Waals surface area contributed by atoms with Crippen LogP contribution in [0.3, 0.4) is 0 Å². The minimum absolute atomic E-state index is 0.00637. The molecule has 39 heavy (non-hydrogen) atoms. The molecule has 1 fully saturated rings. The second-order valence-corrected chi connectivity index (χ2v) is 9.83. The summed E-state index contributed by atoms with van der Waals surface area (Å²) in [5, 5.41) is 23.1. The summed E-state index contributed by atoms with van der Waals surface area (Å²) in [6.07, 6.45) is 1.75. The number of ketones is 1. The van der Waals surface area contributed by atoms with Gasteiger partial charge < -0.3 is 14.2 Å². The van der Waals surface area contributed by atoms with Crippen LogP contribution < -0.4 is 4.90 Å². The van der Waals surface area contributed by atoms with Gasteiger partial charge in [-0.25, -0.2) is 14.8 Å². The van der Waals surface area contributed by atoms with Gasteiger partial charge in [-0.3, -0.25) is 24.6 Å². The number of anilines is 1. The van der Waals surface area contributed by atoms with E-state index in [0.29, 0.717) is 11.3 Å². The number of ether oxygens (including phenoxy) is 1. The Morgan fingerprint density at radius 3 is 2.56 bits per heavy atom. The number of fused-ring (bicyclic) bond motifs is 1. The molecule has 0 aliphatic carbocycles. The fourth-order valence-electron chi connectivity index (χ4n) is 4.59. The second kappa shape index (κ2) is 9.44. The summed E-state index contributed by atoms with van der Waals surface area (Å²) >= 11 is 0.832. The van der Waals surface area contributed by atoms with Crippen molar-refractivity contribution in [3.8, 4) is 0 Å². The minimum Gasteiger partial charge on any atom is -0.505 e. The molecule has 0 bridgehead atoms. The number of aromatic nitrogens is 3. The number of nitro benzene ring substituents is 1. The molecule has 1 amide bonds. The van der Waals surface area contributed by atoms with Crippen LogP contribution in [0.15, 0.2) is 48.2 Å². The number of nitro groups is 1. The maximum atomic E-state index is 13.5. The van der Waals surface area contributed by atoms with Gasteiger partial charge in [0.2, 0.25) is 0 Å². The number of esters is 1. The van der Waals surface area contributed by atoms with E-state index in [4.69, 9.17) is 4.74 Å². The van der Waals surface area contributed by atoms with E-state index in [9.17, 15) is 29.6 Å². The van der Waals surface area contributed by atoms with Crippen molar-refractivity contribution < 1.29 is 29.2 Å². The van der Waals surface area contributed by atoms with Gasteiger partial charge in [-0.2, -0.15) is 0 Å². The minimum atomic E-state index is -1.29. The highest BCUT2D eigenvalue weighted by molar-refractivity contribution is 7.17. The number of thiazole rings is 1. The van der Waals surface area contributed by atoms with Gasteiger partial charge in [-0.05, 0) is 38.0 Å². The highest BCUT2D eigenvalue weighted by Gasteiger charge is 2.49. The molecule has 4 aromatic rings. The van der Waals surface area contributed by atoms with Crippen molar-refractivity contribution in [3.63, 3.8) is 0 Å². The Bertz CT molecular complexity index is 1750. The average Bonchev–Trinajstić information content (AvgIpc) is 3.55. The summed E-state index contributed by atoms with van der Waals surface area (Å²) in [5.41, 5.74) is 1.86. The molecule has 0 radical (unpaired) electrons. The van der Waals surface area contributed by atoms with Crippen LogP contribution in [0.4, 0.5) is 10.8 Å². The number of amides is 1. The summed E-state index contributed by atoms with van der Waals surface area (Å²) in [4.78, 5) is 60.1. The number of carbonyl (C=O) groups excluding carboxylic acids is 3. The number of imidazole rings is 1. The molecule has 0 spiro atoms. The van der Waals surface area contributed by atoms with E-state index in [-0.39, 0.29) is 38.2 Å². The monoisotopic (exact) mass is 547 g/mol. The first-order valence-corrected chi connectivity index (χ1v) is 12.4. The maximum absolute atomic E-state index is 13.5. The molecule has 4 heterocycles. The number of Topliss-reactive ketones (excluding diaryl/α,β-unsaturated/α-hetero) is 1. The molecule has 1 aliphatic rings. The molecule has 12 nitrogen and oxygen atoms in total. The lowest BCUT2D eigenvalue weighted by Gasteiger charge is -2.22. The second-order valence-electron chi connectivity index (χ2n) is 8.85. The lowest BCUT2D eigenvalue weighted by Crippen LogP contribution is -2.29. The van der Waals surface area contributed by atoms with Gasteiger partial charge in [0.25, 0.3) is 11.5 Å². The van der Waals surface area contributed by atoms with Crippen molar-refractivity contribution in [2.24, 2.45) is 0 Å². The van der Waals surface area contributed by atoms with Gasteiger partial charge in [0, 0.05) is 18.3 Å². The van der Waals surface area contributed by atoms with Crippen LogP contribution in [0.1, 0.15) is 43.9 Å². The highest BCUT2D eigenvalue weighted by atomic mass is 32.1. The van der Waals surface area contributed by atoms with E-state index in [1.54, 1.807) is 24.4 Å². The van der Waals surface area contributed by atoms with Crippen molar-refractivity contribution in [1.82, 2.24) is 14.4 Å². The number of hydrogen-bond acceptors (Lipinski definition) is 10. The van der Waals surface area contributed by atoms with E-state index in [1.165, 1.54) is 31.4 Å². The smallest absolute Gasteiger partial charge is 0.350 e. The number of carbonyl (C=O) groups is 3. The lowest BCUT2D eigenvalue weighted by molar-refractivity contribution is -0.384. The quantitative estimate of drug-likeness (QED) is 0.0972. The molecule has 1 atom stereocenters. The number of aryl methyl sites for hydroxylation is 3. The molecular formula is C26H21N5O7S. The summed E-state index contributed by atoms with van der Waals surface area (Å²) in [6, 6.07) is 7.79. The highest BCUT2D eigenvalue weighted by Crippen LogP contribution is 2.44. The van der Waals surface area contributed by atoms with Crippen LogP contribution >= 0.6 is 11.3 Å². The molecule has 13 heteroatoms. The zero-order chi connectivity index (χ0) is 28.2. The Morgan fingerprint density at radius 1 is 1.15 bits per heavy atom.